The molecule has 0 N–H and O–H groups in total. The zero-order chi connectivity index (χ0) is 19.6. The number of aromatic nitrogens is 3. The number of hydrogen-bond acceptors (Lipinski definition) is 5. The molecule has 3 rings (SSSR count). The molecule has 0 aliphatic carbocycles. The Kier molecular flexibility index (Phi) is 5.87. The van der Waals surface area contributed by atoms with Crippen molar-refractivity contribution in [2.45, 2.75) is 25.3 Å². The molecule has 140 valence electrons. The van der Waals surface area contributed by atoms with Crippen molar-refractivity contribution in [3.63, 3.8) is 0 Å². The van der Waals surface area contributed by atoms with Crippen molar-refractivity contribution in [1.29, 1.82) is 0 Å². The Morgan fingerprint density at radius 3 is 2.78 bits per heavy atom. The van der Waals surface area contributed by atoms with Gasteiger partial charge >= 0.3 is 5.97 Å². The van der Waals surface area contributed by atoms with E-state index in [2.05, 4.69) is 10.1 Å². The van der Waals surface area contributed by atoms with Crippen molar-refractivity contribution in [3.8, 4) is 0 Å². The first-order chi connectivity index (χ1) is 12.9. The maximum absolute atomic E-state index is 12.1. The maximum atomic E-state index is 12.1. The summed E-state index contributed by atoms with van der Waals surface area (Å²) in [5, 5.41) is 5.62. The lowest BCUT2D eigenvalue weighted by molar-refractivity contribution is -0.138. The summed E-state index contributed by atoms with van der Waals surface area (Å²) in [6.07, 6.45) is 5.15. The molecule has 0 radical (unpaired) electrons. The number of thioether (sulfide) groups is 1. The van der Waals surface area contributed by atoms with Gasteiger partial charge in [-0.3, -0.25) is 4.68 Å². The van der Waals surface area contributed by atoms with Crippen LogP contribution < -0.4 is 0 Å². The van der Waals surface area contributed by atoms with Gasteiger partial charge in [-0.1, -0.05) is 17.7 Å². The molecule has 0 aliphatic rings. The predicted octanol–water partition coefficient (Wildman–Crippen LogP) is 4.72. The number of esters is 1. The summed E-state index contributed by atoms with van der Waals surface area (Å²) < 4.78 is 7.11. The zero-order valence-corrected chi connectivity index (χ0v) is 17.2. The topological polar surface area (TPSA) is 57.0 Å². The fraction of sp³-hybridized carbons (Fsp3) is 0.250. The molecular formula is C20H20ClN3O2S. The molecule has 0 fully saturated rings. The van der Waals surface area contributed by atoms with Gasteiger partial charge in [0, 0.05) is 40.2 Å². The first-order valence-electron chi connectivity index (χ1n) is 8.37. The Hall–Kier alpha value is -2.31. The molecule has 0 amide bonds. The first-order valence-corrected chi connectivity index (χ1v) is 9.97. The summed E-state index contributed by atoms with van der Waals surface area (Å²) in [4.78, 5) is 17.6. The van der Waals surface area contributed by atoms with Gasteiger partial charge in [0.25, 0.3) is 0 Å². The largest absolute Gasteiger partial charge is 0.458 e. The zero-order valence-electron chi connectivity index (χ0n) is 15.6. The smallest absolute Gasteiger partial charge is 0.331 e. The number of fused-ring (bicyclic) bond motifs is 1. The predicted molar refractivity (Wildman–Crippen MR) is 110 cm³/mol. The van der Waals surface area contributed by atoms with Crippen LogP contribution in [0.25, 0.3) is 17.0 Å². The average Bonchev–Trinajstić information content (AvgIpc) is 2.89. The molecule has 3 aromatic rings. The minimum absolute atomic E-state index is 0.0697. The molecule has 0 spiro atoms. The van der Waals surface area contributed by atoms with Crippen LogP contribution in [0.5, 0.6) is 0 Å². The summed E-state index contributed by atoms with van der Waals surface area (Å²) in [6, 6.07) is 7.91. The van der Waals surface area contributed by atoms with E-state index in [0.29, 0.717) is 10.7 Å². The molecule has 0 saturated carbocycles. The van der Waals surface area contributed by atoms with Crippen molar-refractivity contribution < 1.29 is 9.53 Å². The number of carbonyl (C=O) groups excluding carboxylic acids is 1. The van der Waals surface area contributed by atoms with Gasteiger partial charge in [-0.15, -0.1) is 11.8 Å². The van der Waals surface area contributed by atoms with Crippen LogP contribution in [0.15, 0.2) is 35.2 Å². The number of benzene rings is 1. The van der Waals surface area contributed by atoms with Gasteiger partial charge in [0.05, 0.1) is 11.2 Å². The normalized spacial score (nSPS) is 11.4. The second-order valence-corrected chi connectivity index (χ2v) is 7.38. The van der Waals surface area contributed by atoms with Crippen molar-refractivity contribution in [2.24, 2.45) is 7.05 Å². The fourth-order valence-electron chi connectivity index (χ4n) is 2.77. The molecule has 2 aromatic heterocycles. The minimum Gasteiger partial charge on any atom is -0.458 e. The molecule has 1 aromatic carbocycles. The Labute approximate surface area is 167 Å². The average molecular weight is 402 g/mol. The third-order valence-corrected chi connectivity index (χ3v) is 5.42. The monoisotopic (exact) mass is 401 g/mol. The van der Waals surface area contributed by atoms with Gasteiger partial charge in [-0.05, 0) is 44.4 Å². The van der Waals surface area contributed by atoms with Gasteiger partial charge in [-0.25, -0.2) is 9.78 Å². The molecule has 0 bridgehead atoms. The van der Waals surface area contributed by atoms with Crippen LogP contribution in [0.4, 0.5) is 0 Å². The van der Waals surface area contributed by atoms with Gasteiger partial charge in [0.15, 0.2) is 0 Å². The Morgan fingerprint density at radius 2 is 2.11 bits per heavy atom. The molecule has 27 heavy (non-hydrogen) atoms. The maximum Gasteiger partial charge on any atom is 0.331 e. The van der Waals surface area contributed by atoms with Crippen LogP contribution in [0.2, 0.25) is 5.15 Å². The van der Waals surface area contributed by atoms with Crippen molar-refractivity contribution in [1.82, 2.24) is 14.8 Å². The van der Waals surface area contributed by atoms with Crippen molar-refractivity contribution in [3.05, 3.63) is 58.0 Å². The van der Waals surface area contributed by atoms with E-state index in [-0.39, 0.29) is 6.61 Å². The van der Waals surface area contributed by atoms with Crippen LogP contribution in [0.3, 0.4) is 0 Å². The fourth-order valence-corrected chi connectivity index (χ4v) is 3.41. The molecule has 0 unspecified atom stereocenters. The first kappa shape index (κ1) is 19.5. The van der Waals surface area contributed by atoms with Crippen LogP contribution in [0, 0.1) is 13.8 Å². The number of hydrogen-bond donors (Lipinski definition) is 0. The number of ether oxygens (including phenoxy) is 1. The molecule has 0 aliphatic heterocycles. The highest BCUT2D eigenvalue weighted by molar-refractivity contribution is 7.98. The number of nitrogens with zero attached hydrogens (tertiary/aromatic N) is 3. The van der Waals surface area contributed by atoms with E-state index in [1.54, 1.807) is 22.5 Å². The van der Waals surface area contributed by atoms with E-state index in [0.717, 1.165) is 32.7 Å². The number of aryl methyl sites for hydroxylation is 2. The summed E-state index contributed by atoms with van der Waals surface area (Å²) in [5.41, 5.74) is 4.28. The lowest BCUT2D eigenvalue weighted by atomic mass is 10.1. The van der Waals surface area contributed by atoms with E-state index in [1.807, 2.05) is 51.4 Å². The second kappa shape index (κ2) is 8.15. The number of pyridine rings is 1. The molecule has 0 saturated heterocycles. The lowest BCUT2D eigenvalue weighted by Crippen LogP contribution is -2.02. The summed E-state index contributed by atoms with van der Waals surface area (Å²) in [6.45, 7) is 3.93. The highest BCUT2D eigenvalue weighted by Gasteiger charge is 2.09. The Balaban J connectivity index is 1.71. The number of carbonyl (C=O) groups is 1. The van der Waals surface area contributed by atoms with Crippen LogP contribution in [0.1, 0.15) is 22.5 Å². The standard InChI is InChI=1S/C20H20ClN3O2S/c1-12-17(13(2)24(3)23-12)7-8-19(25)26-11-15-9-14-5-6-16(27-4)10-18(14)22-20(15)21/h5-10H,11H2,1-4H3/b8-7+. The number of halogens is 1. The summed E-state index contributed by atoms with van der Waals surface area (Å²) in [5.74, 6) is -0.438. The molecule has 7 heteroatoms. The van der Waals surface area contributed by atoms with Gasteiger partial charge < -0.3 is 4.74 Å². The van der Waals surface area contributed by atoms with E-state index in [9.17, 15) is 4.79 Å². The van der Waals surface area contributed by atoms with Crippen LogP contribution in [-0.4, -0.2) is 27.0 Å². The van der Waals surface area contributed by atoms with Gasteiger partial charge in [0.2, 0.25) is 0 Å². The van der Waals surface area contributed by atoms with Crippen LogP contribution in [-0.2, 0) is 23.2 Å². The van der Waals surface area contributed by atoms with E-state index >= 15 is 0 Å². The Morgan fingerprint density at radius 1 is 1.33 bits per heavy atom. The molecule has 5 nitrogen and oxygen atoms in total. The van der Waals surface area contributed by atoms with Crippen LogP contribution >= 0.6 is 23.4 Å². The molecule has 2 heterocycles. The van der Waals surface area contributed by atoms with Crippen molar-refractivity contribution in [2.75, 3.05) is 6.26 Å². The summed E-state index contributed by atoms with van der Waals surface area (Å²) in [7, 11) is 1.87. The molecule has 0 atom stereocenters. The minimum atomic E-state index is -0.438. The number of rotatable bonds is 5. The molecular weight excluding hydrogens is 382 g/mol. The van der Waals surface area contributed by atoms with Gasteiger partial charge in [0.1, 0.15) is 11.8 Å². The Bertz CT molecular complexity index is 1040. The highest BCUT2D eigenvalue weighted by Crippen LogP contribution is 2.25. The quantitative estimate of drug-likeness (QED) is 0.268. The van der Waals surface area contributed by atoms with Crippen molar-refractivity contribution >= 4 is 46.3 Å². The third kappa shape index (κ3) is 4.34. The SMILES string of the molecule is CSc1ccc2cc(COC(=O)/C=C/c3c(C)nn(C)c3C)c(Cl)nc2c1. The van der Waals surface area contributed by atoms with E-state index in [4.69, 9.17) is 16.3 Å². The van der Waals surface area contributed by atoms with E-state index < -0.39 is 5.97 Å². The van der Waals surface area contributed by atoms with Gasteiger partial charge in [-0.2, -0.15) is 5.10 Å². The third-order valence-electron chi connectivity index (χ3n) is 4.37. The van der Waals surface area contributed by atoms with E-state index in [1.165, 1.54) is 6.08 Å². The highest BCUT2D eigenvalue weighted by atomic mass is 35.5. The second-order valence-electron chi connectivity index (χ2n) is 6.15. The summed E-state index contributed by atoms with van der Waals surface area (Å²) >= 11 is 7.91. The lowest BCUT2D eigenvalue weighted by Gasteiger charge is -2.07.